The fraction of sp³-hybridized carbons (Fsp3) is 0.316. The van der Waals surface area contributed by atoms with Gasteiger partial charge in [0.1, 0.15) is 0 Å². The Morgan fingerprint density at radius 3 is 2.92 bits per heavy atom. The first-order valence-electron chi connectivity index (χ1n) is 8.64. The Morgan fingerprint density at radius 1 is 1.19 bits per heavy atom. The van der Waals surface area contributed by atoms with E-state index in [-0.39, 0.29) is 6.61 Å². The Balaban J connectivity index is 1.73. The van der Waals surface area contributed by atoms with E-state index in [1.807, 2.05) is 36.4 Å². The van der Waals surface area contributed by atoms with Crippen LogP contribution in [-0.2, 0) is 6.54 Å². The number of aliphatic hydroxyl groups excluding tert-OH is 1. The minimum absolute atomic E-state index is 0.0407. The molecule has 2 N–H and O–H groups in total. The van der Waals surface area contributed by atoms with Crippen molar-refractivity contribution in [1.29, 1.82) is 0 Å². The third kappa shape index (κ3) is 3.30. The van der Waals surface area contributed by atoms with Crippen molar-refractivity contribution in [3.05, 3.63) is 47.0 Å². The van der Waals surface area contributed by atoms with Crippen LogP contribution in [0.15, 0.2) is 36.4 Å². The van der Waals surface area contributed by atoms with Crippen LogP contribution in [-0.4, -0.2) is 41.0 Å². The van der Waals surface area contributed by atoms with Crippen LogP contribution in [0.3, 0.4) is 0 Å². The van der Waals surface area contributed by atoms with Crippen molar-refractivity contribution in [2.75, 3.05) is 31.7 Å². The molecular formula is C19H20ClN3O3. The summed E-state index contributed by atoms with van der Waals surface area (Å²) in [5.74, 6) is 2.00. The van der Waals surface area contributed by atoms with Gasteiger partial charge in [-0.3, -0.25) is 0 Å². The molecule has 2 aromatic carbocycles. The molecule has 136 valence electrons. The summed E-state index contributed by atoms with van der Waals surface area (Å²) in [5.41, 5.74) is 2.90. The van der Waals surface area contributed by atoms with Crippen molar-refractivity contribution >= 4 is 28.6 Å². The predicted molar refractivity (Wildman–Crippen MR) is 101 cm³/mol. The molecule has 0 atom stereocenters. The minimum atomic E-state index is 0.0407. The second-order valence-corrected chi connectivity index (χ2v) is 6.52. The number of benzene rings is 2. The number of rotatable bonds is 5. The highest BCUT2D eigenvalue weighted by Crippen LogP contribution is 2.38. The van der Waals surface area contributed by atoms with Crippen molar-refractivity contribution in [1.82, 2.24) is 9.55 Å². The summed E-state index contributed by atoms with van der Waals surface area (Å²) in [7, 11) is 0. The number of hydrogen-bond acceptors (Lipinski definition) is 5. The average molecular weight is 374 g/mol. The van der Waals surface area contributed by atoms with E-state index in [2.05, 4.69) is 14.9 Å². The molecule has 1 aliphatic rings. The van der Waals surface area contributed by atoms with Gasteiger partial charge >= 0.3 is 0 Å². The number of halogens is 1. The van der Waals surface area contributed by atoms with E-state index in [9.17, 15) is 0 Å². The van der Waals surface area contributed by atoms with Crippen LogP contribution in [0, 0.1) is 0 Å². The zero-order chi connectivity index (χ0) is 17.9. The highest BCUT2D eigenvalue weighted by Gasteiger charge is 2.17. The van der Waals surface area contributed by atoms with E-state index in [4.69, 9.17) is 26.2 Å². The number of para-hydroxylation sites is 2. The summed E-state index contributed by atoms with van der Waals surface area (Å²) in [6.07, 6.45) is 0.835. The average Bonchev–Trinajstić information content (AvgIpc) is 2.81. The van der Waals surface area contributed by atoms with E-state index < -0.39 is 0 Å². The Labute approximate surface area is 156 Å². The van der Waals surface area contributed by atoms with E-state index in [1.165, 1.54) is 0 Å². The molecule has 0 aliphatic carbocycles. The van der Waals surface area contributed by atoms with Gasteiger partial charge in [0.2, 0.25) is 5.95 Å². The Hall–Kier alpha value is -2.44. The summed E-state index contributed by atoms with van der Waals surface area (Å²) in [6, 6.07) is 11.8. The number of aliphatic hydroxyl groups is 1. The van der Waals surface area contributed by atoms with Crippen LogP contribution in [0.2, 0.25) is 5.02 Å². The molecule has 7 heteroatoms. The zero-order valence-corrected chi connectivity index (χ0v) is 15.0. The maximum Gasteiger partial charge on any atom is 0.204 e. The van der Waals surface area contributed by atoms with Crippen molar-refractivity contribution < 1.29 is 14.6 Å². The number of nitrogens with one attached hydrogen (secondary N) is 1. The summed E-state index contributed by atoms with van der Waals surface area (Å²) in [5, 5.41) is 12.9. The van der Waals surface area contributed by atoms with E-state index in [0.717, 1.165) is 23.0 Å². The maximum atomic E-state index is 9.13. The molecule has 0 radical (unpaired) electrons. The normalized spacial score (nSPS) is 13.6. The standard InChI is InChI=1S/C19H20ClN3O3/c20-14-10-13(11-17-18(14)26-9-3-8-25-17)12-23-16-5-2-1-4-15(16)22-19(23)21-6-7-24/h1-2,4-5,10-11,24H,3,6-9,12H2,(H,21,22). The van der Waals surface area contributed by atoms with Crippen molar-refractivity contribution in [3.63, 3.8) is 0 Å². The number of hydrogen-bond donors (Lipinski definition) is 2. The second kappa shape index (κ2) is 7.43. The highest BCUT2D eigenvalue weighted by atomic mass is 35.5. The predicted octanol–water partition coefficient (Wildman–Crippen LogP) is 3.30. The van der Waals surface area contributed by atoms with Gasteiger partial charge in [0.05, 0.1) is 42.4 Å². The van der Waals surface area contributed by atoms with Gasteiger partial charge in [-0.15, -0.1) is 0 Å². The van der Waals surface area contributed by atoms with Gasteiger partial charge in [-0.05, 0) is 29.8 Å². The molecular weight excluding hydrogens is 354 g/mol. The molecule has 0 spiro atoms. The number of ether oxygens (including phenoxy) is 2. The molecule has 0 unspecified atom stereocenters. The smallest absolute Gasteiger partial charge is 0.204 e. The number of nitrogens with zero attached hydrogens (tertiary/aromatic N) is 2. The molecule has 0 bridgehead atoms. The van der Waals surface area contributed by atoms with Crippen LogP contribution in [0.5, 0.6) is 11.5 Å². The lowest BCUT2D eigenvalue weighted by Crippen LogP contribution is -2.12. The molecule has 0 saturated carbocycles. The quantitative estimate of drug-likeness (QED) is 0.718. The summed E-state index contributed by atoms with van der Waals surface area (Å²) in [4.78, 5) is 4.62. The maximum absolute atomic E-state index is 9.13. The molecule has 0 amide bonds. The lowest BCUT2D eigenvalue weighted by Gasteiger charge is -2.14. The van der Waals surface area contributed by atoms with Crippen LogP contribution in [0.4, 0.5) is 5.95 Å². The largest absolute Gasteiger partial charge is 0.489 e. The number of anilines is 1. The van der Waals surface area contributed by atoms with E-state index in [0.29, 0.717) is 48.8 Å². The first-order valence-corrected chi connectivity index (χ1v) is 9.02. The second-order valence-electron chi connectivity index (χ2n) is 6.12. The number of imidazole rings is 1. The molecule has 3 aromatic rings. The Kier molecular flexibility index (Phi) is 4.86. The molecule has 2 heterocycles. The summed E-state index contributed by atoms with van der Waals surface area (Å²) >= 11 is 6.42. The summed E-state index contributed by atoms with van der Waals surface area (Å²) < 4.78 is 13.6. The minimum Gasteiger partial charge on any atom is -0.489 e. The first kappa shape index (κ1) is 17.0. The van der Waals surface area contributed by atoms with Crippen LogP contribution in [0.25, 0.3) is 11.0 Å². The van der Waals surface area contributed by atoms with Crippen LogP contribution in [0.1, 0.15) is 12.0 Å². The number of fused-ring (bicyclic) bond motifs is 2. The van der Waals surface area contributed by atoms with E-state index >= 15 is 0 Å². The van der Waals surface area contributed by atoms with Crippen molar-refractivity contribution in [3.8, 4) is 11.5 Å². The lowest BCUT2D eigenvalue weighted by molar-refractivity contribution is 0.297. The van der Waals surface area contributed by atoms with Gasteiger partial charge in [0.25, 0.3) is 0 Å². The fourth-order valence-corrected chi connectivity index (χ4v) is 3.38. The molecule has 0 saturated heterocycles. The zero-order valence-electron chi connectivity index (χ0n) is 14.2. The van der Waals surface area contributed by atoms with Crippen LogP contribution < -0.4 is 14.8 Å². The summed E-state index contributed by atoms with van der Waals surface area (Å²) in [6.45, 7) is 2.27. The topological polar surface area (TPSA) is 68.5 Å². The van der Waals surface area contributed by atoms with Gasteiger partial charge in [-0.1, -0.05) is 23.7 Å². The van der Waals surface area contributed by atoms with Gasteiger partial charge in [-0.2, -0.15) is 0 Å². The van der Waals surface area contributed by atoms with Gasteiger partial charge in [0.15, 0.2) is 11.5 Å². The van der Waals surface area contributed by atoms with Gasteiger partial charge < -0.3 is 24.5 Å². The lowest BCUT2D eigenvalue weighted by atomic mass is 10.2. The molecule has 1 aromatic heterocycles. The third-order valence-electron chi connectivity index (χ3n) is 4.25. The van der Waals surface area contributed by atoms with Gasteiger partial charge in [-0.25, -0.2) is 4.98 Å². The highest BCUT2D eigenvalue weighted by molar-refractivity contribution is 6.32. The molecule has 26 heavy (non-hydrogen) atoms. The van der Waals surface area contributed by atoms with Gasteiger partial charge in [0, 0.05) is 13.0 Å². The molecule has 6 nitrogen and oxygen atoms in total. The molecule has 1 aliphatic heterocycles. The van der Waals surface area contributed by atoms with Crippen molar-refractivity contribution in [2.45, 2.75) is 13.0 Å². The van der Waals surface area contributed by atoms with E-state index in [1.54, 1.807) is 0 Å². The van der Waals surface area contributed by atoms with Crippen molar-refractivity contribution in [2.24, 2.45) is 0 Å². The monoisotopic (exact) mass is 373 g/mol. The Bertz CT molecular complexity index is 926. The van der Waals surface area contributed by atoms with Crippen LogP contribution >= 0.6 is 11.6 Å². The third-order valence-corrected chi connectivity index (χ3v) is 4.53. The molecule has 4 rings (SSSR count). The fourth-order valence-electron chi connectivity index (χ4n) is 3.10. The molecule has 0 fully saturated rings. The SMILES string of the molecule is OCCNc1nc2ccccc2n1Cc1cc(Cl)c2c(c1)OCCCO2. The Morgan fingerprint density at radius 2 is 2.04 bits per heavy atom. The first-order chi connectivity index (χ1) is 12.8. The number of aromatic nitrogens is 2.